The highest BCUT2D eigenvalue weighted by Crippen LogP contribution is 2.09. The molecule has 5 N–H and O–H groups in total. The number of rotatable bonds is 18. The van der Waals surface area contributed by atoms with Gasteiger partial charge in [0, 0.05) is 0 Å². The van der Waals surface area contributed by atoms with E-state index >= 15 is 0 Å². The van der Waals surface area contributed by atoms with E-state index in [4.69, 9.17) is 47.4 Å². The van der Waals surface area contributed by atoms with Gasteiger partial charge in [-0.25, -0.2) is 14.5 Å². The highest BCUT2D eigenvalue weighted by Gasteiger charge is 2.05. The lowest BCUT2D eigenvalue weighted by atomic mass is 10.1. The first-order valence-electron chi connectivity index (χ1n) is 11.6. The van der Waals surface area contributed by atoms with E-state index in [9.17, 15) is 0 Å². The summed E-state index contributed by atoms with van der Waals surface area (Å²) in [5.41, 5.74) is 0. The molecule has 1 saturated heterocycles. The normalized spacial score (nSPS) is 12.1. The molecule has 12 nitrogen and oxygen atoms in total. The first-order valence-corrected chi connectivity index (χ1v) is 12.9. The lowest BCUT2D eigenvalue weighted by Gasteiger charge is -2.17. The summed E-state index contributed by atoms with van der Waals surface area (Å²) in [4.78, 5) is 14.1. The minimum atomic E-state index is -4.67. The van der Waals surface area contributed by atoms with E-state index in [0.29, 0.717) is 5.39 Å². The van der Waals surface area contributed by atoms with E-state index in [0.717, 1.165) is 13.2 Å². The summed E-state index contributed by atoms with van der Waals surface area (Å²) in [5, 5.41) is 25.9. The number of unbranched alkanes of at least 4 members (excludes halogenated alkanes) is 9. The van der Waals surface area contributed by atoms with Gasteiger partial charge in [0.25, 0.3) is 0 Å². The van der Waals surface area contributed by atoms with Crippen LogP contribution < -0.4 is 0 Å². The predicted octanol–water partition coefficient (Wildman–Crippen LogP) is 2.35. The van der Waals surface area contributed by atoms with Crippen LogP contribution >= 0.6 is 0 Å². The Kier molecular flexibility index (Phi) is 35.5. The van der Waals surface area contributed by atoms with E-state index in [1.54, 1.807) is 0 Å². The van der Waals surface area contributed by atoms with Gasteiger partial charge in [0.1, 0.15) is 0 Å². The molecular weight excluding hydrogens is 462 g/mol. The number of ether oxygens (including phenoxy) is 1. The molecule has 0 saturated carbocycles. The average molecular weight is 510 g/mol. The van der Waals surface area contributed by atoms with Crippen molar-refractivity contribution in [1.29, 1.82) is 0 Å². The van der Waals surface area contributed by atoms with Crippen LogP contribution in [0.4, 0.5) is 0 Å². The van der Waals surface area contributed by atoms with Crippen molar-refractivity contribution in [3.8, 4) is 0 Å². The van der Waals surface area contributed by atoms with Gasteiger partial charge >= 0.3 is 10.4 Å². The minimum absolute atomic E-state index is 0.0108. The second kappa shape index (κ2) is 31.5. The van der Waals surface area contributed by atoms with Crippen molar-refractivity contribution in [2.24, 2.45) is 0 Å². The summed E-state index contributed by atoms with van der Waals surface area (Å²) in [5.74, 6) is 0. The number of hydrogen-bond donors (Lipinski definition) is 5. The van der Waals surface area contributed by atoms with E-state index in [1.807, 2.05) is 0 Å². The standard InChI is InChI=1S/C12H26.C6H15NO6.C2H4O.H2O4S/c1-3-5-7-9-11-12-10-8-6-4-2;8-1-4-11-7(12-5-2-9)13-6-3-10;1-2-3-1;1-5(2,3)4/h3-12H2,1-2H3;8-10H,1-6H2;1-2H2;(H2,1,2,3,4). The number of aliphatic hydroxyl groups excluding tert-OH is 3. The van der Waals surface area contributed by atoms with Crippen LogP contribution in [0.2, 0.25) is 0 Å². The molecule has 0 aliphatic carbocycles. The highest BCUT2D eigenvalue weighted by atomic mass is 32.3. The fourth-order valence-electron chi connectivity index (χ4n) is 2.02. The van der Waals surface area contributed by atoms with Crippen LogP contribution in [-0.2, 0) is 29.6 Å². The van der Waals surface area contributed by atoms with Crippen molar-refractivity contribution in [2.45, 2.75) is 78.1 Å². The Balaban J connectivity index is -0.000000410. The summed E-state index contributed by atoms with van der Waals surface area (Å²) in [6.45, 7) is 6.05. The van der Waals surface area contributed by atoms with Gasteiger partial charge in [-0.3, -0.25) is 9.11 Å². The van der Waals surface area contributed by atoms with E-state index < -0.39 is 10.4 Å². The van der Waals surface area contributed by atoms with Gasteiger partial charge in [-0.05, 0) is 0 Å². The van der Waals surface area contributed by atoms with Gasteiger partial charge in [0.15, 0.2) is 0 Å². The molecule has 1 rings (SSSR count). The molecule has 0 aromatic rings. The lowest BCUT2D eigenvalue weighted by molar-refractivity contribution is -0.527. The van der Waals surface area contributed by atoms with Crippen molar-refractivity contribution in [1.82, 2.24) is 5.39 Å². The SMILES string of the molecule is C1CO1.CCCCCCCCCCCC.O=S(=O)(O)O.OCCON(OCCO)OCCO. The summed E-state index contributed by atoms with van der Waals surface area (Å²) in [7, 11) is -4.67. The van der Waals surface area contributed by atoms with Crippen LogP contribution in [0.1, 0.15) is 78.1 Å². The monoisotopic (exact) mass is 509 g/mol. The third-order valence-electron chi connectivity index (χ3n) is 3.53. The summed E-state index contributed by atoms with van der Waals surface area (Å²) < 4.78 is 36.1. The Morgan fingerprint density at radius 2 is 0.909 bits per heavy atom. The summed E-state index contributed by atoms with van der Waals surface area (Å²) in [6.07, 6.45) is 14.4. The molecule has 1 fully saturated rings. The third kappa shape index (κ3) is 59.3. The van der Waals surface area contributed by atoms with Crippen molar-refractivity contribution >= 4 is 10.4 Å². The van der Waals surface area contributed by atoms with Crippen molar-refractivity contribution in [3.63, 3.8) is 0 Å². The molecule has 1 aliphatic rings. The molecule has 0 spiro atoms. The predicted molar refractivity (Wildman–Crippen MR) is 123 cm³/mol. The number of nitrogens with zero attached hydrogens (tertiary/aromatic N) is 1. The van der Waals surface area contributed by atoms with E-state index in [1.165, 1.54) is 64.2 Å². The molecule has 1 aliphatic heterocycles. The van der Waals surface area contributed by atoms with Crippen molar-refractivity contribution in [2.75, 3.05) is 52.9 Å². The quantitative estimate of drug-likeness (QED) is 0.0789. The van der Waals surface area contributed by atoms with Gasteiger partial charge in [0.05, 0.1) is 58.2 Å². The third-order valence-corrected chi connectivity index (χ3v) is 3.53. The summed E-state index contributed by atoms with van der Waals surface area (Å²) in [6, 6.07) is 0. The van der Waals surface area contributed by atoms with Crippen LogP contribution in [-0.4, -0.2) is 91.1 Å². The number of epoxide rings is 1. The Labute approximate surface area is 199 Å². The largest absolute Gasteiger partial charge is 0.394 e. The molecule has 0 radical (unpaired) electrons. The second-order valence-electron chi connectivity index (χ2n) is 6.78. The molecule has 0 amide bonds. The average Bonchev–Trinajstić information content (AvgIpc) is 3.64. The molecule has 33 heavy (non-hydrogen) atoms. The Hall–Kier alpha value is -0.450. The molecule has 13 heteroatoms. The van der Waals surface area contributed by atoms with Gasteiger partial charge in [-0.2, -0.15) is 8.42 Å². The zero-order valence-electron chi connectivity index (χ0n) is 20.3. The van der Waals surface area contributed by atoms with Gasteiger partial charge in [-0.15, -0.1) is 0 Å². The van der Waals surface area contributed by atoms with Gasteiger partial charge in [-0.1, -0.05) is 78.1 Å². The Morgan fingerprint density at radius 3 is 1.09 bits per heavy atom. The zero-order chi connectivity index (χ0) is 25.6. The Morgan fingerprint density at radius 1 is 0.667 bits per heavy atom. The molecule has 0 bridgehead atoms. The summed E-state index contributed by atoms with van der Waals surface area (Å²) >= 11 is 0. The molecule has 0 unspecified atom stereocenters. The Bertz CT molecular complexity index is 400. The molecule has 0 aromatic carbocycles. The molecular formula is C20H47NO11S. The highest BCUT2D eigenvalue weighted by molar-refractivity contribution is 7.79. The van der Waals surface area contributed by atoms with Gasteiger partial charge in [0.2, 0.25) is 0 Å². The number of hydrogen-bond acceptors (Lipinski definition) is 10. The van der Waals surface area contributed by atoms with Crippen molar-refractivity contribution in [3.05, 3.63) is 0 Å². The van der Waals surface area contributed by atoms with E-state index in [-0.39, 0.29) is 39.6 Å². The smallest absolute Gasteiger partial charge is 0.394 e. The van der Waals surface area contributed by atoms with Crippen LogP contribution in [0, 0.1) is 0 Å². The first-order chi connectivity index (χ1) is 15.8. The first kappa shape index (κ1) is 37.1. The zero-order valence-corrected chi connectivity index (χ0v) is 21.1. The minimum Gasteiger partial charge on any atom is -0.394 e. The van der Waals surface area contributed by atoms with Gasteiger partial charge < -0.3 is 20.1 Å². The molecule has 0 atom stereocenters. The number of aliphatic hydroxyl groups is 3. The maximum Gasteiger partial charge on any atom is 0.394 e. The lowest BCUT2D eigenvalue weighted by Crippen LogP contribution is -2.28. The van der Waals surface area contributed by atoms with Crippen LogP contribution in [0.5, 0.6) is 0 Å². The second-order valence-corrected chi connectivity index (χ2v) is 7.68. The molecule has 204 valence electrons. The fraction of sp³-hybridized carbons (Fsp3) is 1.00. The van der Waals surface area contributed by atoms with Crippen LogP contribution in [0.15, 0.2) is 0 Å². The maximum absolute atomic E-state index is 8.74. The molecule has 0 aromatic heterocycles. The maximum atomic E-state index is 8.74. The fourth-order valence-corrected chi connectivity index (χ4v) is 2.02. The topological polar surface area (TPSA) is 179 Å². The van der Waals surface area contributed by atoms with Crippen LogP contribution in [0.25, 0.3) is 0 Å². The van der Waals surface area contributed by atoms with E-state index in [2.05, 4.69) is 18.6 Å². The van der Waals surface area contributed by atoms with Crippen LogP contribution in [0.3, 0.4) is 0 Å². The molecule has 1 heterocycles. The van der Waals surface area contributed by atoms with Crippen molar-refractivity contribution < 1.29 is 52.1 Å².